The standard InChI is InChI=1S/C11H13N3O/c1-4-11(15)13-6-9-5-12-14(8(2)3)10(9)7-13/h1,5,8H,6-7H2,2-3H3. The number of fused-ring (bicyclic) bond motifs is 1. The highest BCUT2D eigenvalue weighted by Gasteiger charge is 2.26. The SMILES string of the molecule is C#CC(=O)N1Cc2cnn(C(C)C)c2C1. The molecule has 1 aliphatic heterocycles. The van der Waals surface area contributed by atoms with Gasteiger partial charge in [-0.3, -0.25) is 9.48 Å². The summed E-state index contributed by atoms with van der Waals surface area (Å²) in [4.78, 5) is 13.0. The lowest BCUT2D eigenvalue weighted by Crippen LogP contribution is -2.24. The summed E-state index contributed by atoms with van der Waals surface area (Å²) in [6, 6.07) is 0.314. The molecule has 0 aliphatic carbocycles. The highest BCUT2D eigenvalue weighted by atomic mass is 16.2. The van der Waals surface area contributed by atoms with E-state index in [0.717, 1.165) is 11.3 Å². The van der Waals surface area contributed by atoms with Crippen LogP contribution in [-0.4, -0.2) is 20.6 Å². The van der Waals surface area contributed by atoms with E-state index in [0.29, 0.717) is 19.1 Å². The van der Waals surface area contributed by atoms with Crippen LogP contribution in [0.3, 0.4) is 0 Å². The van der Waals surface area contributed by atoms with E-state index in [-0.39, 0.29) is 5.91 Å². The van der Waals surface area contributed by atoms with Gasteiger partial charge >= 0.3 is 0 Å². The first-order chi connectivity index (χ1) is 7.13. The fraction of sp³-hybridized carbons (Fsp3) is 0.455. The van der Waals surface area contributed by atoms with Crippen molar-refractivity contribution in [3.63, 3.8) is 0 Å². The van der Waals surface area contributed by atoms with Gasteiger partial charge < -0.3 is 4.90 Å². The average molecular weight is 203 g/mol. The summed E-state index contributed by atoms with van der Waals surface area (Å²) in [6.45, 7) is 5.31. The zero-order chi connectivity index (χ0) is 11.0. The van der Waals surface area contributed by atoms with Gasteiger partial charge in [-0.2, -0.15) is 5.10 Å². The Morgan fingerprint density at radius 3 is 2.93 bits per heavy atom. The van der Waals surface area contributed by atoms with Crippen molar-refractivity contribution in [2.45, 2.75) is 33.0 Å². The molecular formula is C11H13N3O. The minimum Gasteiger partial charge on any atom is -0.322 e. The van der Waals surface area contributed by atoms with Crippen LogP contribution >= 0.6 is 0 Å². The fourth-order valence-electron chi connectivity index (χ4n) is 1.85. The molecule has 4 nitrogen and oxygen atoms in total. The van der Waals surface area contributed by atoms with Crippen molar-refractivity contribution in [1.82, 2.24) is 14.7 Å². The summed E-state index contributed by atoms with van der Waals surface area (Å²) < 4.78 is 1.94. The number of hydrogen-bond acceptors (Lipinski definition) is 2. The molecule has 78 valence electrons. The van der Waals surface area contributed by atoms with Crippen molar-refractivity contribution in [3.05, 3.63) is 17.5 Å². The summed E-state index contributed by atoms with van der Waals surface area (Å²) in [6.07, 6.45) is 6.91. The molecule has 2 heterocycles. The Hall–Kier alpha value is -1.76. The summed E-state index contributed by atoms with van der Waals surface area (Å²) in [5.41, 5.74) is 2.21. The molecule has 0 spiro atoms. The van der Waals surface area contributed by atoms with Crippen molar-refractivity contribution < 1.29 is 4.79 Å². The number of terminal acetylenes is 1. The van der Waals surface area contributed by atoms with Crippen LogP contribution in [0.15, 0.2) is 6.20 Å². The maximum Gasteiger partial charge on any atom is 0.298 e. The van der Waals surface area contributed by atoms with E-state index in [1.54, 1.807) is 4.90 Å². The molecule has 0 bridgehead atoms. The van der Waals surface area contributed by atoms with Gasteiger partial charge in [-0.15, -0.1) is 6.42 Å². The van der Waals surface area contributed by atoms with Crippen molar-refractivity contribution in [2.24, 2.45) is 0 Å². The molecule has 1 aromatic heterocycles. The molecule has 0 radical (unpaired) electrons. The predicted octanol–water partition coefficient (Wildman–Crippen LogP) is 0.939. The molecule has 1 aliphatic rings. The van der Waals surface area contributed by atoms with Crippen molar-refractivity contribution in [1.29, 1.82) is 0 Å². The highest BCUT2D eigenvalue weighted by Crippen LogP contribution is 2.24. The third-order valence-electron chi connectivity index (χ3n) is 2.59. The Bertz CT molecular complexity index is 439. The molecule has 4 heteroatoms. The van der Waals surface area contributed by atoms with Crippen molar-refractivity contribution >= 4 is 5.91 Å². The Balaban J connectivity index is 2.25. The van der Waals surface area contributed by atoms with Crippen LogP contribution in [0.2, 0.25) is 0 Å². The number of amides is 1. The number of aromatic nitrogens is 2. The lowest BCUT2D eigenvalue weighted by Gasteiger charge is -2.13. The lowest BCUT2D eigenvalue weighted by molar-refractivity contribution is -0.125. The van der Waals surface area contributed by atoms with Crippen molar-refractivity contribution in [2.75, 3.05) is 0 Å². The second kappa shape index (κ2) is 3.43. The third kappa shape index (κ3) is 1.50. The normalized spacial score (nSPS) is 14.1. The minimum atomic E-state index is -0.249. The van der Waals surface area contributed by atoms with Gasteiger partial charge in [-0.1, -0.05) is 0 Å². The van der Waals surface area contributed by atoms with Gasteiger partial charge in [0.05, 0.1) is 25.0 Å². The zero-order valence-electron chi connectivity index (χ0n) is 8.90. The fourth-order valence-corrected chi connectivity index (χ4v) is 1.85. The molecule has 0 unspecified atom stereocenters. The van der Waals surface area contributed by atoms with Gasteiger partial charge in [0, 0.05) is 11.6 Å². The zero-order valence-corrected chi connectivity index (χ0v) is 8.90. The first kappa shape index (κ1) is 9.78. The topological polar surface area (TPSA) is 38.1 Å². The van der Waals surface area contributed by atoms with Crippen LogP contribution < -0.4 is 0 Å². The molecule has 2 rings (SSSR count). The molecule has 0 saturated heterocycles. The van der Waals surface area contributed by atoms with Crippen LogP contribution in [0.5, 0.6) is 0 Å². The Labute approximate surface area is 88.9 Å². The summed E-state index contributed by atoms with van der Waals surface area (Å²) >= 11 is 0. The molecule has 0 fully saturated rings. The van der Waals surface area contributed by atoms with E-state index in [1.807, 2.05) is 10.9 Å². The van der Waals surface area contributed by atoms with Gasteiger partial charge in [0.15, 0.2) is 0 Å². The average Bonchev–Trinajstić information content (AvgIpc) is 2.73. The van der Waals surface area contributed by atoms with E-state index >= 15 is 0 Å². The molecule has 1 aromatic rings. The minimum absolute atomic E-state index is 0.249. The number of nitrogens with zero attached hydrogens (tertiary/aromatic N) is 3. The van der Waals surface area contributed by atoms with Crippen LogP contribution in [0.1, 0.15) is 31.1 Å². The van der Waals surface area contributed by atoms with Crippen LogP contribution in [0.25, 0.3) is 0 Å². The second-order valence-electron chi connectivity index (χ2n) is 3.96. The summed E-state index contributed by atoms with van der Waals surface area (Å²) in [5, 5.41) is 4.28. The van der Waals surface area contributed by atoms with Crippen LogP contribution in [0, 0.1) is 12.3 Å². The third-order valence-corrected chi connectivity index (χ3v) is 2.59. The summed E-state index contributed by atoms with van der Waals surface area (Å²) in [7, 11) is 0. The molecule has 1 amide bonds. The maximum absolute atomic E-state index is 11.3. The molecule has 0 aromatic carbocycles. The molecule has 15 heavy (non-hydrogen) atoms. The van der Waals surface area contributed by atoms with E-state index in [2.05, 4.69) is 24.9 Å². The van der Waals surface area contributed by atoms with Gasteiger partial charge in [0.2, 0.25) is 0 Å². The molecule has 0 N–H and O–H groups in total. The first-order valence-electron chi connectivity index (χ1n) is 4.94. The highest BCUT2D eigenvalue weighted by molar-refractivity contribution is 5.93. The van der Waals surface area contributed by atoms with E-state index in [1.165, 1.54) is 0 Å². The quantitative estimate of drug-likeness (QED) is 0.637. The smallest absolute Gasteiger partial charge is 0.298 e. The lowest BCUT2D eigenvalue weighted by atomic mass is 10.3. The van der Waals surface area contributed by atoms with Gasteiger partial charge in [0.25, 0.3) is 5.91 Å². The molecular weight excluding hydrogens is 190 g/mol. The maximum atomic E-state index is 11.3. The molecule has 0 saturated carbocycles. The largest absolute Gasteiger partial charge is 0.322 e. The number of carbonyl (C=O) groups is 1. The summed E-state index contributed by atoms with van der Waals surface area (Å²) in [5.74, 6) is 1.89. The van der Waals surface area contributed by atoms with Crippen LogP contribution in [-0.2, 0) is 17.9 Å². The van der Waals surface area contributed by atoms with Gasteiger partial charge in [0.1, 0.15) is 0 Å². The molecule has 0 atom stereocenters. The van der Waals surface area contributed by atoms with Gasteiger partial charge in [-0.05, 0) is 19.8 Å². The Kier molecular flexibility index (Phi) is 2.24. The monoisotopic (exact) mass is 203 g/mol. The van der Waals surface area contributed by atoms with Crippen LogP contribution in [0.4, 0.5) is 0 Å². The van der Waals surface area contributed by atoms with Gasteiger partial charge in [-0.25, -0.2) is 0 Å². The Morgan fingerprint density at radius 1 is 1.60 bits per heavy atom. The van der Waals surface area contributed by atoms with E-state index in [9.17, 15) is 4.79 Å². The number of rotatable bonds is 1. The first-order valence-corrected chi connectivity index (χ1v) is 4.94. The number of hydrogen-bond donors (Lipinski definition) is 0. The predicted molar refractivity (Wildman–Crippen MR) is 55.7 cm³/mol. The number of carbonyl (C=O) groups excluding carboxylic acids is 1. The second-order valence-corrected chi connectivity index (χ2v) is 3.96. The van der Waals surface area contributed by atoms with E-state index < -0.39 is 0 Å². The van der Waals surface area contributed by atoms with Crippen molar-refractivity contribution in [3.8, 4) is 12.3 Å². The Morgan fingerprint density at radius 2 is 2.33 bits per heavy atom. The van der Waals surface area contributed by atoms with E-state index in [4.69, 9.17) is 6.42 Å².